The first-order chi connectivity index (χ1) is 6.18. The second-order valence-electron chi connectivity index (χ2n) is 2.71. The normalized spacial score (nSPS) is 10.6. The summed E-state index contributed by atoms with van der Waals surface area (Å²) in [6, 6.07) is 3.75. The summed E-state index contributed by atoms with van der Waals surface area (Å²) < 4.78 is 1.87. The lowest BCUT2D eigenvalue weighted by atomic mass is 10.1. The molecule has 0 aliphatic heterocycles. The van der Waals surface area contributed by atoms with E-state index in [9.17, 15) is 4.79 Å². The van der Waals surface area contributed by atoms with Gasteiger partial charge in [0, 0.05) is 10.0 Å². The predicted molar refractivity (Wildman–Crippen MR) is 57.3 cm³/mol. The number of halogens is 1. The lowest BCUT2D eigenvalue weighted by molar-refractivity contribution is 0.101. The Hall–Kier alpha value is -0.740. The summed E-state index contributed by atoms with van der Waals surface area (Å²) in [5.41, 5.74) is 3.38. The van der Waals surface area contributed by atoms with E-state index < -0.39 is 0 Å². The van der Waals surface area contributed by atoms with Crippen molar-refractivity contribution in [1.29, 1.82) is 0 Å². The minimum atomic E-state index is 0.0792. The van der Waals surface area contributed by atoms with E-state index in [1.165, 1.54) is 11.3 Å². The number of hydrogen-bond donors (Lipinski definition) is 0. The van der Waals surface area contributed by atoms with E-state index in [2.05, 4.69) is 20.9 Å². The Morgan fingerprint density at radius 2 is 2.31 bits per heavy atom. The molecule has 0 atom stereocenters. The van der Waals surface area contributed by atoms with Crippen molar-refractivity contribution in [2.45, 2.75) is 6.92 Å². The molecule has 13 heavy (non-hydrogen) atoms. The van der Waals surface area contributed by atoms with Crippen LogP contribution in [0, 0.1) is 0 Å². The third-order valence-corrected chi connectivity index (χ3v) is 3.11. The molecule has 0 aliphatic carbocycles. The van der Waals surface area contributed by atoms with Crippen molar-refractivity contribution >= 4 is 43.3 Å². The molecule has 0 amide bonds. The van der Waals surface area contributed by atoms with Gasteiger partial charge in [0.1, 0.15) is 0 Å². The van der Waals surface area contributed by atoms with Crippen molar-refractivity contribution in [3.8, 4) is 0 Å². The van der Waals surface area contributed by atoms with Gasteiger partial charge in [-0.3, -0.25) is 4.79 Å². The number of fused-ring (bicyclic) bond motifs is 1. The minimum Gasteiger partial charge on any atom is -0.294 e. The Labute approximate surface area is 87.7 Å². The maximum atomic E-state index is 11.3. The number of carbonyl (C=O) groups is 1. The van der Waals surface area contributed by atoms with Gasteiger partial charge in [0.05, 0.1) is 15.7 Å². The van der Waals surface area contributed by atoms with E-state index in [1.54, 1.807) is 12.4 Å². The van der Waals surface area contributed by atoms with Crippen LogP contribution in [0.2, 0.25) is 0 Å². The smallest absolute Gasteiger partial charge is 0.161 e. The molecule has 2 aromatic rings. The summed E-state index contributed by atoms with van der Waals surface area (Å²) in [5.74, 6) is 0.0792. The van der Waals surface area contributed by atoms with Crippen LogP contribution in [-0.4, -0.2) is 10.8 Å². The number of carbonyl (C=O) groups excluding carboxylic acids is 1. The molecule has 1 heterocycles. The summed E-state index contributed by atoms with van der Waals surface area (Å²) in [5, 5.41) is 0. The summed E-state index contributed by atoms with van der Waals surface area (Å²) in [4.78, 5) is 15.4. The molecule has 0 spiro atoms. The number of nitrogens with zero attached hydrogens (tertiary/aromatic N) is 1. The average molecular weight is 256 g/mol. The third kappa shape index (κ3) is 1.51. The van der Waals surface area contributed by atoms with Gasteiger partial charge in [-0.15, -0.1) is 11.3 Å². The molecule has 0 bridgehead atoms. The van der Waals surface area contributed by atoms with Crippen LogP contribution in [-0.2, 0) is 0 Å². The van der Waals surface area contributed by atoms with Crippen LogP contribution in [0.5, 0.6) is 0 Å². The van der Waals surface area contributed by atoms with Gasteiger partial charge >= 0.3 is 0 Å². The number of benzene rings is 1. The van der Waals surface area contributed by atoms with E-state index in [0.717, 1.165) is 20.3 Å². The van der Waals surface area contributed by atoms with Gasteiger partial charge in [-0.05, 0) is 19.1 Å². The number of rotatable bonds is 1. The standard InChI is InChI=1S/C9H6BrNOS/c1-5(12)7-2-6(10)3-8-9(7)13-4-11-8/h2-4H,1H3. The molecule has 2 rings (SSSR count). The second-order valence-corrected chi connectivity index (χ2v) is 4.48. The lowest BCUT2D eigenvalue weighted by Crippen LogP contribution is -1.91. The molecule has 0 fully saturated rings. The molecule has 0 saturated carbocycles. The third-order valence-electron chi connectivity index (χ3n) is 1.78. The van der Waals surface area contributed by atoms with Gasteiger partial charge in [0.15, 0.2) is 5.78 Å². The fourth-order valence-corrected chi connectivity index (χ4v) is 2.48. The first-order valence-electron chi connectivity index (χ1n) is 3.72. The molecule has 0 saturated heterocycles. The Kier molecular flexibility index (Phi) is 2.17. The summed E-state index contributed by atoms with van der Waals surface area (Å²) in [6.07, 6.45) is 0. The topological polar surface area (TPSA) is 30.0 Å². The Morgan fingerprint density at radius 3 is 3.00 bits per heavy atom. The van der Waals surface area contributed by atoms with Gasteiger partial charge in [-0.2, -0.15) is 0 Å². The molecule has 0 N–H and O–H groups in total. The van der Waals surface area contributed by atoms with Crippen molar-refractivity contribution in [1.82, 2.24) is 4.98 Å². The van der Waals surface area contributed by atoms with E-state index in [4.69, 9.17) is 0 Å². The zero-order valence-corrected chi connectivity index (χ0v) is 9.28. The van der Waals surface area contributed by atoms with Gasteiger partial charge in [0.25, 0.3) is 0 Å². The largest absolute Gasteiger partial charge is 0.294 e. The molecule has 1 aromatic carbocycles. The number of ketones is 1. The Balaban J connectivity index is 2.84. The summed E-state index contributed by atoms with van der Waals surface area (Å²) >= 11 is 4.85. The summed E-state index contributed by atoms with van der Waals surface area (Å²) in [6.45, 7) is 1.57. The quantitative estimate of drug-likeness (QED) is 0.733. The fraction of sp³-hybridized carbons (Fsp3) is 0.111. The molecule has 0 aliphatic rings. The maximum absolute atomic E-state index is 11.3. The Bertz CT molecular complexity index is 477. The van der Waals surface area contributed by atoms with E-state index in [-0.39, 0.29) is 5.78 Å². The predicted octanol–water partition coefficient (Wildman–Crippen LogP) is 3.26. The molecule has 0 radical (unpaired) electrons. The zero-order valence-electron chi connectivity index (χ0n) is 6.87. The average Bonchev–Trinajstić information content (AvgIpc) is 2.49. The molecular formula is C9H6BrNOS. The highest BCUT2D eigenvalue weighted by Crippen LogP contribution is 2.26. The monoisotopic (exact) mass is 255 g/mol. The number of aromatic nitrogens is 1. The summed E-state index contributed by atoms with van der Waals surface area (Å²) in [7, 11) is 0. The second kappa shape index (κ2) is 3.20. The van der Waals surface area contributed by atoms with Crippen LogP contribution in [0.3, 0.4) is 0 Å². The van der Waals surface area contributed by atoms with Gasteiger partial charge in [-0.1, -0.05) is 15.9 Å². The van der Waals surface area contributed by atoms with Gasteiger partial charge < -0.3 is 0 Å². The van der Waals surface area contributed by atoms with Gasteiger partial charge in [0.2, 0.25) is 0 Å². The van der Waals surface area contributed by atoms with Crippen LogP contribution >= 0.6 is 27.3 Å². The van der Waals surface area contributed by atoms with E-state index in [1.807, 2.05) is 12.1 Å². The number of Topliss-reactive ketones (excluding diaryl/α,β-unsaturated/α-hetero) is 1. The van der Waals surface area contributed by atoms with Crippen molar-refractivity contribution in [2.24, 2.45) is 0 Å². The molecule has 4 heteroatoms. The first-order valence-corrected chi connectivity index (χ1v) is 5.39. The van der Waals surface area contributed by atoms with Crippen LogP contribution in [0.25, 0.3) is 10.2 Å². The van der Waals surface area contributed by atoms with Crippen LogP contribution in [0.4, 0.5) is 0 Å². The lowest BCUT2D eigenvalue weighted by Gasteiger charge is -1.97. The maximum Gasteiger partial charge on any atom is 0.161 e. The van der Waals surface area contributed by atoms with Crippen molar-refractivity contribution in [3.05, 3.63) is 27.7 Å². The molecule has 0 unspecified atom stereocenters. The highest BCUT2D eigenvalue weighted by molar-refractivity contribution is 9.10. The Morgan fingerprint density at radius 1 is 1.54 bits per heavy atom. The molecule has 1 aromatic heterocycles. The van der Waals surface area contributed by atoms with Crippen molar-refractivity contribution in [2.75, 3.05) is 0 Å². The highest BCUT2D eigenvalue weighted by atomic mass is 79.9. The zero-order chi connectivity index (χ0) is 9.42. The fourth-order valence-electron chi connectivity index (χ4n) is 1.20. The van der Waals surface area contributed by atoms with Gasteiger partial charge in [-0.25, -0.2) is 4.98 Å². The minimum absolute atomic E-state index is 0.0792. The van der Waals surface area contributed by atoms with Crippen molar-refractivity contribution < 1.29 is 4.79 Å². The highest BCUT2D eigenvalue weighted by Gasteiger charge is 2.08. The number of thiazole rings is 1. The molecular weight excluding hydrogens is 250 g/mol. The van der Waals surface area contributed by atoms with E-state index >= 15 is 0 Å². The molecule has 2 nitrogen and oxygen atoms in total. The molecule has 66 valence electrons. The SMILES string of the molecule is CC(=O)c1cc(Br)cc2ncsc12. The van der Waals surface area contributed by atoms with E-state index in [0.29, 0.717) is 0 Å². The van der Waals surface area contributed by atoms with Crippen LogP contribution in [0.15, 0.2) is 22.1 Å². The number of hydrogen-bond acceptors (Lipinski definition) is 3. The first kappa shape index (κ1) is 8.84. The van der Waals surface area contributed by atoms with Crippen LogP contribution in [0.1, 0.15) is 17.3 Å². The van der Waals surface area contributed by atoms with Crippen LogP contribution < -0.4 is 0 Å². The van der Waals surface area contributed by atoms with Crippen molar-refractivity contribution in [3.63, 3.8) is 0 Å².